The van der Waals surface area contributed by atoms with E-state index in [4.69, 9.17) is 4.74 Å². The number of rotatable bonds is 4. The van der Waals surface area contributed by atoms with Gasteiger partial charge in [0.05, 0.1) is 13.0 Å². The quantitative estimate of drug-likeness (QED) is 0.774. The van der Waals surface area contributed by atoms with E-state index in [-0.39, 0.29) is 18.3 Å². The average molecular weight is 263 g/mol. The smallest absolute Gasteiger partial charge is 0.224 e. The highest BCUT2D eigenvalue weighted by atomic mass is 35.5. The van der Waals surface area contributed by atoms with Gasteiger partial charge in [-0.25, -0.2) is 0 Å². The van der Waals surface area contributed by atoms with Crippen molar-refractivity contribution in [1.82, 2.24) is 10.2 Å². The fourth-order valence-corrected chi connectivity index (χ4v) is 2.63. The van der Waals surface area contributed by atoms with Crippen LogP contribution in [0.4, 0.5) is 0 Å². The molecule has 17 heavy (non-hydrogen) atoms. The van der Waals surface area contributed by atoms with Crippen LogP contribution < -0.4 is 5.32 Å². The summed E-state index contributed by atoms with van der Waals surface area (Å²) < 4.78 is 5.23. The SMILES string of the molecule is CCOCCC(=O)N1CCC2CCC(C1)N2.Cl. The molecule has 2 heterocycles. The molecule has 1 N–H and O–H groups in total. The molecule has 0 radical (unpaired) electrons. The largest absolute Gasteiger partial charge is 0.381 e. The van der Waals surface area contributed by atoms with Crippen LogP contribution in [0.2, 0.25) is 0 Å². The van der Waals surface area contributed by atoms with E-state index in [1.807, 2.05) is 11.8 Å². The number of nitrogens with zero attached hydrogens (tertiary/aromatic N) is 1. The van der Waals surface area contributed by atoms with Gasteiger partial charge >= 0.3 is 0 Å². The zero-order valence-corrected chi connectivity index (χ0v) is 11.3. The molecule has 100 valence electrons. The topological polar surface area (TPSA) is 41.6 Å². The Morgan fingerprint density at radius 2 is 2.12 bits per heavy atom. The van der Waals surface area contributed by atoms with Gasteiger partial charge in [0.2, 0.25) is 5.91 Å². The van der Waals surface area contributed by atoms with Crippen molar-refractivity contribution in [3.63, 3.8) is 0 Å². The predicted molar refractivity (Wildman–Crippen MR) is 69.5 cm³/mol. The van der Waals surface area contributed by atoms with Gasteiger partial charge in [0.25, 0.3) is 0 Å². The van der Waals surface area contributed by atoms with Crippen LogP contribution in [0.1, 0.15) is 32.6 Å². The van der Waals surface area contributed by atoms with Crippen LogP contribution in [0.25, 0.3) is 0 Å². The molecule has 2 unspecified atom stereocenters. The Bertz CT molecular complexity index is 251. The van der Waals surface area contributed by atoms with Gasteiger partial charge in [-0.1, -0.05) is 0 Å². The van der Waals surface area contributed by atoms with Crippen LogP contribution in [0.15, 0.2) is 0 Å². The second-order valence-corrected chi connectivity index (χ2v) is 4.71. The third-order valence-corrected chi connectivity index (χ3v) is 3.54. The molecule has 2 atom stereocenters. The van der Waals surface area contributed by atoms with Crippen molar-refractivity contribution in [2.24, 2.45) is 0 Å². The van der Waals surface area contributed by atoms with Crippen LogP contribution in [-0.2, 0) is 9.53 Å². The molecule has 0 aliphatic carbocycles. The van der Waals surface area contributed by atoms with Crippen LogP contribution >= 0.6 is 12.4 Å². The summed E-state index contributed by atoms with van der Waals surface area (Å²) in [6.45, 7) is 5.02. The number of halogens is 1. The van der Waals surface area contributed by atoms with Crippen molar-refractivity contribution in [3.8, 4) is 0 Å². The summed E-state index contributed by atoms with van der Waals surface area (Å²) in [5.74, 6) is 0.253. The maximum Gasteiger partial charge on any atom is 0.224 e. The Labute approximate surface area is 109 Å². The van der Waals surface area contributed by atoms with Crippen LogP contribution in [-0.4, -0.2) is 49.2 Å². The van der Waals surface area contributed by atoms with E-state index in [1.54, 1.807) is 0 Å². The van der Waals surface area contributed by atoms with Gasteiger partial charge < -0.3 is 15.0 Å². The predicted octanol–water partition coefficient (Wildman–Crippen LogP) is 1.19. The number of ether oxygens (including phenoxy) is 1. The molecular formula is C12H23ClN2O2. The van der Waals surface area contributed by atoms with Crippen LogP contribution in [0, 0.1) is 0 Å². The van der Waals surface area contributed by atoms with Crippen LogP contribution in [0.5, 0.6) is 0 Å². The molecule has 0 aromatic rings. The molecule has 2 rings (SSSR count). The highest BCUT2D eigenvalue weighted by Crippen LogP contribution is 2.20. The molecule has 0 spiro atoms. The van der Waals surface area contributed by atoms with Crippen molar-refractivity contribution in [2.75, 3.05) is 26.3 Å². The molecule has 2 aliphatic heterocycles. The van der Waals surface area contributed by atoms with Crippen molar-refractivity contribution in [2.45, 2.75) is 44.7 Å². The molecule has 0 aromatic heterocycles. The standard InChI is InChI=1S/C12H22N2O2.ClH/c1-2-16-8-6-12(15)14-7-5-10-3-4-11(9-14)13-10;/h10-11,13H,2-9H2,1H3;1H. The lowest BCUT2D eigenvalue weighted by atomic mass is 10.1. The molecule has 2 aliphatic rings. The molecule has 0 aromatic carbocycles. The monoisotopic (exact) mass is 262 g/mol. The summed E-state index contributed by atoms with van der Waals surface area (Å²) in [4.78, 5) is 13.9. The summed E-state index contributed by atoms with van der Waals surface area (Å²) in [7, 11) is 0. The Morgan fingerprint density at radius 3 is 2.88 bits per heavy atom. The van der Waals surface area contributed by atoms with Crippen molar-refractivity contribution in [3.05, 3.63) is 0 Å². The maximum atomic E-state index is 11.9. The minimum absolute atomic E-state index is 0. The Morgan fingerprint density at radius 1 is 1.35 bits per heavy atom. The van der Waals surface area contributed by atoms with Crippen molar-refractivity contribution in [1.29, 1.82) is 0 Å². The Kier molecular flexibility index (Phi) is 6.23. The van der Waals surface area contributed by atoms with E-state index in [1.165, 1.54) is 12.8 Å². The second kappa shape index (κ2) is 7.19. The fraction of sp³-hybridized carbons (Fsp3) is 0.917. The third-order valence-electron chi connectivity index (χ3n) is 3.54. The van der Waals surface area contributed by atoms with E-state index < -0.39 is 0 Å². The summed E-state index contributed by atoms with van der Waals surface area (Å²) >= 11 is 0. The number of carbonyl (C=O) groups excluding carboxylic acids is 1. The number of nitrogens with one attached hydrogen (secondary N) is 1. The minimum Gasteiger partial charge on any atom is -0.381 e. The first-order chi connectivity index (χ1) is 7.79. The summed E-state index contributed by atoms with van der Waals surface area (Å²) in [5.41, 5.74) is 0. The van der Waals surface area contributed by atoms with Gasteiger partial charge in [0, 0.05) is 31.8 Å². The van der Waals surface area contributed by atoms with E-state index >= 15 is 0 Å². The van der Waals surface area contributed by atoms with E-state index in [2.05, 4.69) is 5.32 Å². The molecule has 2 fully saturated rings. The van der Waals surface area contributed by atoms with E-state index in [9.17, 15) is 4.79 Å². The lowest BCUT2D eigenvalue weighted by Gasteiger charge is -2.24. The number of fused-ring (bicyclic) bond motifs is 2. The van der Waals surface area contributed by atoms with Crippen molar-refractivity contribution < 1.29 is 9.53 Å². The number of amides is 1. The molecular weight excluding hydrogens is 240 g/mol. The first-order valence-electron chi connectivity index (χ1n) is 6.41. The first-order valence-corrected chi connectivity index (χ1v) is 6.41. The van der Waals surface area contributed by atoms with Crippen LogP contribution in [0.3, 0.4) is 0 Å². The molecule has 0 saturated carbocycles. The van der Waals surface area contributed by atoms with Crippen molar-refractivity contribution >= 4 is 18.3 Å². The normalized spacial score (nSPS) is 27.5. The third kappa shape index (κ3) is 4.12. The molecule has 1 amide bonds. The fourth-order valence-electron chi connectivity index (χ4n) is 2.63. The summed E-state index contributed by atoms with van der Waals surface area (Å²) in [5, 5.41) is 3.58. The first kappa shape index (κ1) is 14.7. The van der Waals surface area contributed by atoms with E-state index in [0.717, 1.165) is 19.5 Å². The van der Waals surface area contributed by atoms with E-state index in [0.29, 0.717) is 31.7 Å². The zero-order valence-electron chi connectivity index (χ0n) is 10.5. The Hall–Kier alpha value is -0.320. The average Bonchev–Trinajstić information content (AvgIpc) is 2.58. The highest BCUT2D eigenvalue weighted by Gasteiger charge is 2.30. The number of hydrogen-bond donors (Lipinski definition) is 1. The Balaban J connectivity index is 0.00000144. The van der Waals surface area contributed by atoms with Gasteiger partial charge in [-0.05, 0) is 26.2 Å². The molecule has 2 saturated heterocycles. The number of likely N-dealkylation sites (tertiary alicyclic amines) is 1. The summed E-state index contributed by atoms with van der Waals surface area (Å²) in [6, 6.07) is 1.18. The van der Waals surface area contributed by atoms with Gasteiger partial charge in [0.15, 0.2) is 0 Å². The number of carbonyl (C=O) groups is 1. The lowest BCUT2D eigenvalue weighted by molar-refractivity contribution is -0.132. The van der Waals surface area contributed by atoms with Gasteiger partial charge in [-0.3, -0.25) is 4.79 Å². The lowest BCUT2D eigenvalue weighted by Crippen LogP contribution is -2.39. The molecule has 2 bridgehead atoms. The van der Waals surface area contributed by atoms with Gasteiger partial charge in [0.1, 0.15) is 0 Å². The van der Waals surface area contributed by atoms with Gasteiger partial charge in [-0.2, -0.15) is 0 Å². The zero-order chi connectivity index (χ0) is 11.4. The summed E-state index contributed by atoms with van der Waals surface area (Å²) in [6.07, 6.45) is 4.15. The highest BCUT2D eigenvalue weighted by molar-refractivity contribution is 5.85. The maximum absolute atomic E-state index is 11.9. The molecule has 4 nitrogen and oxygen atoms in total. The second-order valence-electron chi connectivity index (χ2n) is 4.71. The van der Waals surface area contributed by atoms with Gasteiger partial charge in [-0.15, -0.1) is 12.4 Å². The molecule has 5 heteroatoms. The number of hydrogen-bond acceptors (Lipinski definition) is 3. The minimum atomic E-state index is 0.